The highest BCUT2D eigenvalue weighted by Crippen LogP contribution is 2.35. The fourth-order valence-corrected chi connectivity index (χ4v) is 4.85. The summed E-state index contributed by atoms with van der Waals surface area (Å²) in [6.45, 7) is 3.86. The van der Waals surface area contributed by atoms with Gasteiger partial charge in [-0.1, -0.05) is 29.8 Å². The zero-order chi connectivity index (χ0) is 18.7. The van der Waals surface area contributed by atoms with E-state index in [1.807, 2.05) is 43.0 Å². The van der Waals surface area contributed by atoms with Gasteiger partial charge in [0.1, 0.15) is 0 Å². The first kappa shape index (κ1) is 18.9. The van der Waals surface area contributed by atoms with Crippen LogP contribution in [0.15, 0.2) is 30.3 Å². The zero-order valence-electron chi connectivity index (χ0n) is 14.9. The summed E-state index contributed by atoms with van der Waals surface area (Å²) in [5, 5.41) is 1.59. The summed E-state index contributed by atoms with van der Waals surface area (Å²) in [5.41, 5.74) is 0. The van der Waals surface area contributed by atoms with Crippen LogP contribution in [0.3, 0.4) is 0 Å². The summed E-state index contributed by atoms with van der Waals surface area (Å²) in [7, 11) is 0. The lowest BCUT2D eigenvalue weighted by Gasteiger charge is -2.38. The van der Waals surface area contributed by atoms with Crippen molar-refractivity contribution < 1.29 is 14.3 Å². The first-order chi connectivity index (χ1) is 12.5. The fourth-order valence-electron chi connectivity index (χ4n) is 3.45. The quantitative estimate of drug-likeness (QED) is 0.550. The van der Waals surface area contributed by atoms with Gasteiger partial charge in [-0.05, 0) is 45.3 Å². The summed E-state index contributed by atoms with van der Waals surface area (Å²) < 4.78 is 6.20. The van der Waals surface area contributed by atoms with Crippen molar-refractivity contribution in [2.45, 2.75) is 45.2 Å². The van der Waals surface area contributed by atoms with Crippen LogP contribution in [0.1, 0.15) is 38.0 Å². The third kappa shape index (κ3) is 4.10. The SMILES string of the molecule is C[C@H]1CCC[C@H](C)N1C(=O)COC(=O)/C=C/c1sc2ccccc2c1Cl. The van der Waals surface area contributed by atoms with E-state index >= 15 is 0 Å². The Bertz CT molecular complexity index is 835. The Hall–Kier alpha value is -1.85. The Morgan fingerprint density at radius 2 is 1.96 bits per heavy atom. The number of rotatable bonds is 4. The Morgan fingerprint density at radius 3 is 2.65 bits per heavy atom. The molecule has 1 fully saturated rings. The topological polar surface area (TPSA) is 46.6 Å². The minimum Gasteiger partial charge on any atom is -0.452 e. The van der Waals surface area contributed by atoms with Gasteiger partial charge in [-0.2, -0.15) is 0 Å². The van der Waals surface area contributed by atoms with Crippen LogP contribution in [0.4, 0.5) is 0 Å². The van der Waals surface area contributed by atoms with Gasteiger partial charge in [-0.3, -0.25) is 4.79 Å². The number of carbonyl (C=O) groups excluding carboxylic acids is 2. The van der Waals surface area contributed by atoms with Crippen molar-refractivity contribution in [2.24, 2.45) is 0 Å². The van der Waals surface area contributed by atoms with Crippen LogP contribution in [0.2, 0.25) is 5.02 Å². The average molecular weight is 392 g/mol. The summed E-state index contributed by atoms with van der Waals surface area (Å²) >= 11 is 7.86. The molecule has 0 N–H and O–H groups in total. The number of thiophene rings is 1. The lowest BCUT2D eigenvalue weighted by atomic mass is 9.97. The number of nitrogens with zero attached hydrogens (tertiary/aromatic N) is 1. The lowest BCUT2D eigenvalue weighted by molar-refractivity contribution is -0.151. The van der Waals surface area contributed by atoms with Crippen LogP contribution < -0.4 is 0 Å². The van der Waals surface area contributed by atoms with Crippen molar-refractivity contribution in [3.05, 3.63) is 40.2 Å². The van der Waals surface area contributed by atoms with Crippen molar-refractivity contribution in [3.63, 3.8) is 0 Å². The van der Waals surface area contributed by atoms with E-state index in [1.54, 1.807) is 6.08 Å². The second-order valence-electron chi connectivity index (χ2n) is 6.65. The molecule has 0 aliphatic carbocycles. The predicted molar refractivity (Wildman–Crippen MR) is 106 cm³/mol. The van der Waals surface area contributed by atoms with E-state index < -0.39 is 5.97 Å². The second-order valence-corrected chi connectivity index (χ2v) is 8.11. The van der Waals surface area contributed by atoms with E-state index in [2.05, 4.69) is 0 Å². The number of halogens is 1. The molecule has 4 nitrogen and oxygen atoms in total. The molecule has 1 amide bonds. The number of benzene rings is 1. The Balaban J connectivity index is 1.59. The van der Waals surface area contributed by atoms with Crippen molar-refractivity contribution in [2.75, 3.05) is 6.61 Å². The Kier molecular flexibility index (Phi) is 5.99. The summed E-state index contributed by atoms with van der Waals surface area (Å²) in [5.74, 6) is -0.671. The van der Waals surface area contributed by atoms with Crippen LogP contribution in [-0.2, 0) is 14.3 Å². The molecule has 1 aliphatic rings. The van der Waals surface area contributed by atoms with E-state index in [0.29, 0.717) is 5.02 Å². The molecule has 1 saturated heterocycles. The molecule has 0 bridgehead atoms. The normalized spacial score (nSPS) is 20.7. The highest BCUT2D eigenvalue weighted by atomic mass is 35.5. The number of ether oxygens (including phenoxy) is 1. The minimum atomic E-state index is -0.538. The van der Waals surface area contributed by atoms with Gasteiger partial charge in [0.05, 0.1) is 5.02 Å². The molecule has 0 radical (unpaired) electrons. The van der Waals surface area contributed by atoms with E-state index in [9.17, 15) is 9.59 Å². The molecule has 0 unspecified atom stereocenters. The number of piperidine rings is 1. The fraction of sp³-hybridized carbons (Fsp3) is 0.400. The average Bonchev–Trinajstić information content (AvgIpc) is 2.94. The molecule has 2 heterocycles. The molecule has 26 heavy (non-hydrogen) atoms. The van der Waals surface area contributed by atoms with E-state index in [4.69, 9.17) is 16.3 Å². The molecule has 3 rings (SSSR count). The molecule has 1 aromatic heterocycles. The van der Waals surface area contributed by atoms with E-state index in [0.717, 1.165) is 34.2 Å². The Morgan fingerprint density at radius 1 is 1.27 bits per heavy atom. The molecule has 1 aromatic carbocycles. The van der Waals surface area contributed by atoms with Crippen LogP contribution >= 0.6 is 22.9 Å². The maximum absolute atomic E-state index is 12.4. The Labute approximate surface area is 162 Å². The van der Waals surface area contributed by atoms with Crippen molar-refractivity contribution in [3.8, 4) is 0 Å². The molecule has 2 aromatic rings. The summed E-state index contributed by atoms with van der Waals surface area (Å²) in [4.78, 5) is 27.0. The maximum Gasteiger partial charge on any atom is 0.331 e. The number of likely N-dealkylation sites (tertiary alicyclic amines) is 1. The van der Waals surface area contributed by atoms with Gasteiger partial charge in [-0.25, -0.2) is 4.79 Å². The van der Waals surface area contributed by atoms with Gasteiger partial charge >= 0.3 is 5.97 Å². The van der Waals surface area contributed by atoms with Gasteiger partial charge in [0.15, 0.2) is 6.61 Å². The van der Waals surface area contributed by atoms with E-state index in [-0.39, 0.29) is 24.6 Å². The standard InChI is InChI=1S/C20H22ClNO3S/c1-13-6-5-7-14(2)22(13)18(23)12-25-19(24)11-10-17-20(21)15-8-3-4-9-16(15)26-17/h3-4,8-11,13-14H,5-7,12H2,1-2H3/b11-10+/t13-,14-/m0/s1. The van der Waals surface area contributed by atoms with Crippen molar-refractivity contribution in [1.82, 2.24) is 4.90 Å². The highest BCUT2D eigenvalue weighted by Gasteiger charge is 2.29. The lowest BCUT2D eigenvalue weighted by Crippen LogP contribution is -2.49. The largest absolute Gasteiger partial charge is 0.452 e. The number of amides is 1. The van der Waals surface area contributed by atoms with Gasteiger partial charge in [0, 0.05) is 33.1 Å². The molecule has 6 heteroatoms. The molecular formula is C20H22ClNO3S. The van der Waals surface area contributed by atoms with Crippen LogP contribution in [-0.4, -0.2) is 35.5 Å². The molecular weight excluding hydrogens is 370 g/mol. The van der Waals surface area contributed by atoms with Crippen molar-refractivity contribution in [1.29, 1.82) is 0 Å². The summed E-state index contributed by atoms with van der Waals surface area (Å²) in [6.07, 6.45) is 6.09. The first-order valence-electron chi connectivity index (χ1n) is 8.80. The number of esters is 1. The monoisotopic (exact) mass is 391 g/mol. The molecule has 138 valence electrons. The van der Waals surface area contributed by atoms with Crippen LogP contribution in [0.25, 0.3) is 16.2 Å². The third-order valence-electron chi connectivity index (χ3n) is 4.75. The molecule has 2 atom stereocenters. The predicted octanol–water partition coefficient (Wildman–Crippen LogP) is 4.90. The number of hydrogen-bond donors (Lipinski definition) is 0. The second kappa shape index (κ2) is 8.23. The van der Waals surface area contributed by atoms with Crippen LogP contribution in [0.5, 0.6) is 0 Å². The number of fused-ring (bicyclic) bond motifs is 1. The van der Waals surface area contributed by atoms with E-state index in [1.165, 1.54) is 17.4 Å². The number of hydrogen-bond acceptors (Lipinski definition) is 4. The highest BCUT2D eigenvalue weighted by molar-refractivity contribution is 7.20. The smallest absolute Gasteiger partial charge is 0.331 e. The van der Waals surface area contributed by atoms with Gasteiger partial charge < -0.3 is 9.64 Å². The van der Waals surface area contributed by atoms with Crippen LogP contribution in [0, 0.1) is 0 Å². The molecule has 0 saturated carbocycles. The summed E-state index contributed by atoms with van der Waals surface area (Å²) in [6, 6.07) is 8.20. The molecule has 0 spiro atoms. The van der Waals surface area contributed by atoms with Crippen molar-refractivity contribution >= 4 is 51.0 Å². The zero-order valence-corrected chi connectivity index (χ0v) is 16.5. The maximum atomic E-state index is 12.4. The van der Waals surface area contributed by atoms with Gasteiger partial charge in [0.2, 0.25) is 0 Å². The van der Waals surface area contributed by atoms with Gasteiger partial charge in [-0.15, -0.1) is 11.3 Å². The minimum absolute atomic E-state index is 0.133. The third-order valence-corrected chi connectivity index (χ3v) is 6.41. The number of carbonyl (C=O) groups is 2. The van der Waals surface area contributed by atoms with Gasteiger partial charge in [0.25, 0.3) is 5.91 Å². The molecule has 1 aliphatic heterocycles. The first-order valence-corrected chi connectivity index (χ1v) is 10.00.